The molecule has 4 heteroatoms. The molecule has 130 valence electrons. The van der Waals surface area contributed by atoms with Crippen LogP contribution in [0.15, 0.2) is 60.7 Å². The van der Waals surface area contributed by atoms with Crippen molar-refractivity contribution in [3.63, 3.8) is 0 Å². The molecule has 3 rings (SSSR count). The topological polar surface area (TPSA) is 42.7 Å². The van der Waals surface area contributed by atoms with Gasteiger partial charge in [0.25, 0.3) is 0 Å². The van der Waals surface area contributed by atoms with Crippen molar-refractivity contribution in [2.45, 2.75) is 45.8 Å². The standard InChI is InChI=1S/C21H26N4/c1-3-25-23-20(21(24-25)19-12-8-5-9-13-19)16-22-17(2)14-15-18-10-6-4-7-11-18/h4-13,17,22H,3,14-16H2,1-2H3/t17-/m1/s1. The average Bonchev–Trinajstić information content (AvgIpc) is 3.09. The van der Waals surface area contributed by atoms with E-state index >= 15 is 0 Å². The van der Waals surface area contributed by atoms with Crippen LogP contribution in [0.4, 0.5) is 0 Å². The zero-order valence-electron chi connectivity index (χ0n) is 15.0. The molecule has 1 aromatic heterocycles. The Morgan fingerprint density at radius 3 is 2.32 bits per heavy atom. The van der Waals surface area contributed by atoms with Crippen LogP contribution in [-0.4, -0.2) is 21.0 Å². The van der Waals surface area contributed by atoms with E-state index < -0.39 is 0 Å². The van der Waals surface area contributed by atoms with E-state index in [1.165, 1.54) is 5.56 Å². The number of benzene rings is 2. The minimum atomic E-state index is 0.426. The maximum Gasteiger partial charge on any atom is 0.117 e. The molecular weight excluding hydrogens is 308 g/mol. The zero-order chi connectivity index (χ0) is 17.5. The van der Waals surface area contributed by atoms with Crippen LogP contribution in [0.3, 0.4) is 0 Å². The Labute approximate surface area is 149 Å². The molecule has 0 fully saturated rings. The molecule has 0 spiro atoms. The lowest BCUT2D eigenvalue weighted by molar-refractivity contribution is 0.501. The van der Waals surface area contributed by atoms with E-state index in [2.05, 4.69) is 71.8 Å². The summed E-state index contributed by atoms with van der Waals surface area (Å²) in [4.78, 5) is 1.77. The Bertz CT molecular complexity index is 765. The SMILES string of the molecule is CCn1nc(CN[C@H](C)CCc2ccccc2)c(-c2ccccc2)n1. The number of nitrogens with one attached hydrogen (secondary N) is 1. The predicted octanol–water partition coefficient (Wildman–Crippen LogP) is 4.08. The number of aryl methyl sites for hydroxylation is 2. The van der Waals surface area contributed by atoms with Gasteiger partial charge >= 0.3 is 0 Å². The molecule has 4 nitrogen and oxygen atoms in total. The van der Waals surface area contributed by atoms with E-state index in [9.17, 15) is 0 Å². The molecule has 0 bridgehead atoms. The first-order valence-electron chi connectivity index (χ1n) is 9.03. The van der Waals surface area contributed by atoms with E-state index in [1.807, 2.05) is 18.2 Å². The van der Waals surface area contributed by atoms with Crippen LogP contribution in [0.25, 0.3) is 11.3 Å². The van der Waals surface area contributed by atoms with Crippen molar-refractivity contribution in [3.05, 3.63) is 71.9 Å². The summed E-state index contributed by atoms with van der Waals surface area (Å²) in [6.07, 6.45) is 2.19. The normalized spacial score (nSPS) is 12.2. The van der Waals surface area contributed by atoms with Gasteiger partial charge in [0.05, 0.1) is 6.54 Å². The minimum absolute atomic E-state index is 0.426. The first-order chi connectivity index (χ1) is 12.3. The molecule has 3 aromatic rings. The summed E-state index contributed by atoms with van der Waals surface area (Å²) in [7, 11) is 0. The molecule has 1 atom stereocenters. The lowest BCUT2D eigenvalue weighted by Crippen LogP contribution is -2.26. The first kappa shape index (κ1) is 17.4. The third-order valence-corrected chi connectivity index (χ3v) is 4.38. The highest BCUT2D eigenvalue weighted by molar-refractivity contribution is 5.60. The van der Waals surface area contributed by atoms with E-state index in [0.29, 0.717) is 6.04 Å². The molecule has 0 amide bonds. The molecule has 1 heterocycles. The first-order valence-corrected chi connectivity index (χ1v) is 9.03. The summed E-state index contributed by atoms with van der Waals surface area (Å²) in [6, 6.07) is 21.4. The number of rotatable bonds is 8. The van der Waals surface area contributed by atoms with Crippen molar-refractivity contribution in [2.24, 2.45) is 0 Å². The minimum Gasteiger partial charge on any atom is -0.309 e. The lowest BCUT2D eigenvalue weighted by Gasteiger charge is -2.13. The van der Waals surface area contributed by atoms with E-state index in [-0.39, 0.29) is 0 Å². The summed E-state index contributed by atoms with van der Waals surface area (Å²) >= 11 is 0. The molecule has 1 N–H and O–H groups in total. The molecule has 25 heavy (non-hydrogen) atoms. The molecule has 0 unspecified atom stereocenters. The van der Waals surface area contributed by atoms with Gasteiger partial charge in [-0.15, -0.1) is 0 Å². The van der Waals surface area contributed by atoms with Crippen molar-refractivity contribution < 1.29 is 0 Å². The van der Waals surface area contributed by atoms with E-state index in [4.69, 9.17) is 0 Å². The van der Waals surface area contributed by atoms with Gasteiger partial charge in [0.2, 0.25) is 0 Å². The maximum absolute atomic E-state index is 4.64. The van der Waals surface area contributed by atoms with Gasteiger partial charge in [-0.05, 0) is 32.3 Å². The van der Waals surface area contributed by atoms with Crippen LogP contribution in [0, 0.1) is 0 Å². The number of hydrogen-bond donors (Lipinski definition) is 1. The van der Waals surface area contributed by atoms with Gasteiger partial charge in [-0.2, -0.15) is 15.0 Å². The van der Waals surface area contributed by atoms with Crippen molar-refractivity contribution in [2.75, 3.05) is 0 Å². The van der Waals surface area contributed by atoms with Crippen LogP contribution in [-0.2, 0) is 19.5 Å². The van der Waals surface area contributed by atoms with Gasteiger partial charge in [0.15, 0.2) is 0 Å². The lowest BCUT2D eigenvalue weighted by atomic mass is 10.1. The van der Waals surface area contributed by atoms with Gasteiger partial charge < -0.3 is 5.32 Å². The molecule has 0 saturated heterocycles. The largest absolute Gasteiger partial charge is 0.309 e. The Morgan fingerprint density at radius 1 is 0.960 bits per heavy atom. The highest BCUT2D eigenvalue weighted by Gasteiger charge is 2.13. The van der Waals surface area contributed by atoms with Gasteiger partial charge in [0.1, 0.15) is 11.4 Å². The summed E-state index contributed by atoms with van der Waals surface area (Å²) in [5, 5.41) is 12.9. The smallest absolute Gasteiger partial charge is 0.117 e. The monoisotopic (exact) mass is 334 g/mol. The van der Waals surface area contributed by atoms with Crippen molar-refractivity contribution >= 4 is 0 Å². The summed E-state index contributed by atoms with van der Waals surface area (Å²) in [5.41, 5.74) is 4.50. The van der Waals surface area contributed by atoms with Crippen molar-refractivity contribution in [3.8, 4) is 11.3 Å². The predicted molar refractivity (Wildman–Crippen MR) is 102 cm³/mol. The second-order valence-corrected chi connectivity index (χ2v) is 6.36. The quantitative estimate of drug-likeness (QED) is 0.675. The van der Waals surface area contributed by atoms with Crippen molar-refractivity contribution in [1.82, 2.24) is 20.3 Å². The number of aromatic nitrogens is 3. The molecule has 2 aromatic carbocycles. The number of nitrogens with zero attached hydrogens (tertiary/aromatic N) is 3. The highest BCUT2D eigenvalue weighted by Crippen LogP contribution is 2.20. The molecule has 0 saturated carbocycles. The van der Waals surface area contributed by atoms with Crippen LogP contribution < -0.4 is 5.32 Å². The van der Waals surface area contributed by atoms with Crippen molar-refractivity contribution in [1.29, 1.82) is 0 Å². The highest BCUT2D eigenvalue weighted by atomic mass is 15.5. The van der Waals surface area contributed by atoms with Gasteiger partial charge in [-0.25, -0.2) is 0 Å². The molecule has 0 aliphatic carbocycles. The summed E-state index contributed by atoms with van der Waals surface area (Å²) in [5.74, 6) is 0. The van der Waals surface area contributed by atoms with E-state index in [0.717, 1.165) is 42.9 Å². The third kappa shape index (κ3) is 4.77. The third-order valence-electron chi connectivity index (χ3n) is 4.38. The van der Waals surface area contributed by atoms with Gasteiger partial charge in [-0.3, -0.25) is 0 Å². The van der Waals surface area contributed by atoms with Crippen LogP contribution in [0.2, 0.25) is 0 Å². The molecule has 0 aliphatic heterocycles. The Kier molecular flexibility index (Phi) is 5.96. The molecule has 0 aliphatic rings. The number of hydrogen-bond acceptors (Lipinski definition) is 3. The van der Waals surface area contributed by atoms with Gasteiger partial charge in [0, 0.05) is 18.2 Å². The second-order valence-electron chi connectivity index (χ2n) is 6.36. The van der Waals surface area contributed by atoms with E-state index in [1.54, 1.807) is 4.80 Å². The molecular formula is C21H26N4. The Morgan fingerprint density at radius 2 is 1.64 bits per heavy atom. The maximum atomic E-state index is 4.64. The fraction of sp³-hybridized carbons (Fsp3) is 0.333. The Hall–Kier alpha value is -2.46. The Balaban J connectivity index is 1.61. The summed E-state index contributed by atoms with van der Waals surface area (Å²) < 4.78 is 0. The zero-order valence-corrected chi connectivity index (χ0v) is 15.0. The molecule has 0 radical (unpaired) electrons. The van der Waals surface area contributed by atoms with Crippen LogP contribution in [0.1, 0.15) is 31.5 Å². The second kappa shape index (κ2) is 8.58. The summed E-state index contributed by atoms with van der Waals surface area (Å²) in [6.45, 7) is 5.81. The van der Waals surface area contributed by atoms with Crippen LogP contribution in [0.5, 0.6) is 0 Å². The average molecular weight is 334 g/mol. The van der Waals surface area contributed by atoms with Crippen LogP contribution >= 0.6 is 0 Å². The van der Waals surface area contributed by atoms with Gasteiger partial charge in [-0.1, -0.05) is 60.7 Å². The fourth-order valence-electron chi connectivity index (χ4n) is 2.86. The fourth-order valence-corrected chi connectivity index (χ4v) is 2.86.